The summed E-state index contributed by atoms with van der Waals surface area (Å²) in [6.07, 6.45) is 1.57. The van der Waals surface area contributed by atoms with Gasteiger partial charge in [0.15, 0.2) is 0 Å². The van der Waals surface area contributed by atoms with E-state index in [9.17, 15) is 0 Å². The van der Waals surface area contributed by atoms with Gasteiger partial charge in [0.05, 0.1) is 0 Å². The molecule has 0 fully saturated rings. The Labute approximate surface area is 108 Å². The van der Waals surface area contributed by atoms with Crippen molar-refractivity contribution in [3.63, 3.8) is 0 Å². The van der Waals surface area contributed by atoms with Crippen molar-refractivity contribution in [2.75, 3.05) is 0 Å². The second-order valence-corrected chi connectivity index (χ2v) is 5.42. The van der Waals surface area contributed by atoms with E-state index in [1.54, 1.807) is 18.1 Å². The first kappa shape index (κ1) is 11.6. The smallest absolute Gasteiger partial charge is 0.118 e. The van der Waals surface area contributed by atoms with Crippen molar-refractivity contribution in [3.8, 4) is 0 Å². The highest BCUT2D eigenvalue weighted by Crippen LogP contribution is 2.30. The molecule has 0 unspecified atom stereocenters. The molecule has 0 amide bonds. The van der Waals surface area contributed by atoms with E-state index in [4.69, 9.17) is 0 Å². The van der Waals surface area contributed by atoms with Crippen molar-refractivity contribution in [2.45, 2.75) is 23.8 Å². The average molecular weight is 295 g/mol. The lowest BCUT2D eigenvalue weighted by Gasteiger charge is -2.05. The van der Waals surface area contributed by atoms with Crippen molar-refractivity contribution in [3.05, 3.63) is 46.3 Å². The second-order valence-electron chi connectivity index (χ2n) is 3.55. The zero-order valence-electron chi connectivity index (χ0n) is 9.07. The maximum absolute atomic E-state index is 4.23. The standard InChI is InChI=1S/C12H11BrN2S/c1-8-3-4-9(2)10(5-8)16-12-6-11(13)14-7-15-12/h3-7H,1-2H3. The molecule has 1 heterocycles. The van der Waals surface area contributed by atoms with E-state index < -0.39 is 0 Å². The van der Waals surface area contributed by atoms with Crippen molar-refractivity contribution in [1.29, 1.82) is 0 Å². The number of benzene rings is 1. The van der Waals surface area contributed by atoms with Crippen LogP contribution in [0.25, 0.3) is 0 Å². The van der Waals surface area contributed by atoms with Crippen LogP contribution in [0.1, 0.15) is 11.1 Å². The van der Waals surface area contributed by atoms with Gasteiger partial charge in [-0.15, -0.1) is 0 Å². The molecule has 2 rings (SSSR count). The van der Waals surface area contributed by atoms with E-state index in [2.05, 4.69) is 57.9 Å². The average Bonchev–Trinajstić information content (AvgIpc) is 2.24. The molecule has 0 aliphatic carbocycles. The van der Waals surface area contributed by atoms with Crippen LogP contribution in [0, 0.1) is 13.8 Å². The summed E-state index contributed by atoms with van der Waals surface area (Å²) in [5.74, 6) is 0. The third-order valence-electron chi connectivity index (χ3n) is 2.17. The molecule has 0 radical (unpaired) electrons. The van der Waals surface area contributed by atoms with Crippen LogP contribution in [-0.2, 0) is 0 Å². The highest BCUT2D eigenvalue weighted by atomic mass is 79.9. The van der Waals surface area contributed by atoms with Gasteiger partial charge in [0.2, 0.25) is 0 Å². The van der Waals surface area contributed by atoms with Crippen LogP contribution in [0.3, 0.4) is 0 Å². The Morgan fingerprint density at radius 3 is 2.69 bits per heavy atom. The minimum absolute atomic E-state index is 0.815. The van der Waals surface area contributed by atoms with Crippen LogP contribution in [0.4, 0.5) is 0 Å². The van der Waals surface area contributed by atoms with Crippen LogP contribution in [0.15, 0.2) is 45.1 Å². The van der Waals surface area contributed by atoms with E-state index >= 15 is 0 Å². The predicted molar refractivity (Wildman–Crippen MR) is 69.8 cm³/mol. The number of nitrogens with zero attached hydrogens (tertiary/aromatic N) is 2. The minimum Gasteiger partial charge on any atom is -0.230 e. The lowest BCUT2D eigenvalue weighted by molar-refractivity contribution is 1.03. The van der Waals surface area contributed by atoms with E-state index in [-0.39, 0.29) is 0 Å². The summed E-state index contributed by atoms with van der Waals surface area (Å²) >= 11 is 5.01. The van der Waals surface area contributed by atoms with Crippen LogP contribution >= 0.6 is 27.7 Å². The molecular weight excluding hydrogens is 284 g/mol. The summed E-state index contributed by atoms with van der Waals surface area (Å²) in [5.41, 5.74) is 2.53. The van der Waals surface area contributed by atoms with Crippen molar-refractivity contribution in [2.24, 2.45) is 0 Å². The quantitative estimate of drug-likeness (QED) is 0.783. The molecule has 0 bridgehead atoms. The molecule has 0 saturated carbocycles. The zero-order chi connectivity index (χ0) is 11.5. The van der Waals surface area contributed by atoms with Gasteiger partial charge in [-0.2, -0.15) is 0 Å². The number of halogens is 1. The molecule has 0 spiro atoms. The topological polar surface area (TPSA) is 25.8 Å². The van der Waals surface area contributed by atoms with Gasteiger partial charge in [-0.3, -0.25) is 0 Å². The van der Waals surface area contributed by atoms with Gasteiger partial charge in [-0.25, -0.2) is 9.97 Å². The van der Waals surface area contributed by atoms with E-state index in [0.717, 1.165) is 9.63 Å². The Bertz CT molecular complexity index is 514. The van der Waals surface area contributed by atoms with E-state index in [1.165, 1.54) is 16.0 Å². The Hall–Kier alpha value is -0.870. The largest absolute Gasteiger partial charge is 0.230 e. The fourth-order valence-electron chi connectivity index (χ4n) is 1.30. The summed E-state index contributed by atoms with van der Waals surface area (Å²) < 4.78 is 0.815. The number of hydrogen-bond donors (Lipinski definition) is 0. The Kier molecular flexibility index (Phi) is 3.61. The maximum atomic E-state index is 4.23. The van der Waals surface area contributed by atoms with Crippen LogP contribution < -0.4 is 0 Å². The molecule has 4 heteroatoms. The van der Waals surface area contributed by atoms with E-state index in [0.29, 0.717) is 0 Å². The van der Waals surface area contributed by atoms with Gasteiger partial charge in [0.1, 0.15) is 16.0 Å². The first-order chi connectivity index (χ1) is 7.65. The Balaban J connectivity index is 2.30. The summed E-state index contributed by atoms with van der Waals surface area (Å²) in [7, 11) is 0. The van der Waals surface area contributed by atoms with Crippen molar-refractivity contribution >= 4 is 27.7 Å². The first-order valence-corrected chi connectivity index (χ1v) is 6.49. The van der Waals surface area contributed by atoms with Crippen LogP contribution in [0.2, 0.25) is 0 Å². The Morgan fingerprint density at radius 2 is 1.94 bits per heavy atom. The molecular formula is C12H11BrN2S. The molecule has 82 valence electrons. The third kappa shape index (κ3) is 2.83. The van der Waals surface area contributed by atoms with Gasteiger partial charge in [-0.05, 0) is 47.0 Å². The number of aromatic nitrogens is 2. The molecule has 0 atom stereocenters. The minimum atomic E-state index is 0.815. The highest BCUT2D eigenvalue weighted by molar-refractivity contribution is 9.10. The molecule has 0 N–H and O–H groups in total. The molecule has 0 aliphatic heterocycles. The summed E-state index contributed by atoms with van der Waals surface area (Å²) in [5, 5.41) is 0.954. The van der Waals surface area contributed by atoms with E-state index in [1.807, 2.05) is 6.07 Å². The fraction of sp³-hybridized carbons (Fsp3) is 0.167. The highest BCUT2D eigenvalue weighted by Gasteiger charge is 2.03. The van der Waals surface area contributed by atoms with Gasteiger partial charge in [0.25, 0.3) is 0 Å². The Morgan fingerprint density at radius 1 is 1.12 bits per heavy atom. The van der Waals surface area contributed by atoms with Gasteiger partial charge >= 0.3 is 0 Å². The monoisotopic (exact) mass is 294 g/mol. The molecule has 0 aliphatic rings. The van der Waals surface area contributed by atoms with Crippen molar-refractivity contribution in [1.82, 2.24) is 9.97 Å². The fourth-order valence-corrected chi connectivity index (χ4v) is 2.73. The lowest BCUT2D eigenvalue weighted by Crippen LogP contribution is -1.85. The lowest BCUT2D eigenvalue weighted by atomic mass is 10.2. The molecule has 2 aromatic rings. The molecule has 2 nitrogen and oxygen atoms in total. The van der Waals surface area contributed by atoms with Gasteiger partial charge in [-0.1, -0.05) is 23.9 Å². The SMILES string of the molecule is Cc1ccc(C)c(Sc2cc(Br)ncn2)c1. The summed E-state index contributed by atoms with van der Waals surface area (Å²) in [4.78, 5) is 9.48. The molecule has 16 heavy (non-hydrogen) atoms. The third-order valence-corrected chi connectivity index (χ3v) is 3.69. The molecule has 1 aromatic carbocycles. The first-order valence-electron chi connectivity index (χ1n) is 4.88. The normalized spacial score (nSPS) is 10.4. The second kappa shape index (κ2) is 4.97. The summed E-state index contributed by atoms with van der Waals surface area (Å²) in [6, 6.07) is 8.35. The molecule has 1 aromatic heterocycles. The predicted octanol–water partition coefficient (Wildman–Crippen LogP) is 4.01. The summed E-state index contributed by atoms with van der Waals surface area (Å²) in [6.45, 7) is 4.21. The number of aryl methyl sites for hydroxylation is 2. The molecule has 0 saturated heterocycles. The van der Waals surface area contributed by atoms with Gasteiger partial charge in [0, 0.05) is 11.0 Å². The van der Waals surface area contributed by atoms with Crippen molar-refractivity contribution < 1.29 is 0 Å². The van der Waals surface area contributed by atoms with Crippen LogP contribution in [-0.4, -0.2) is 9.97 Å². The number of hydrogen-bond acceptors (Lipinski definition) is 3. The van der Waals surface area contributed by atoms with Crippen LogP contribution in [0.5, 0.6) is 0 Å². The van der Waals surface area contributed by atoms with Gasteiger partial charge < -0.3 is 0 Å². The maximum Gasteiger partial charge on any atom is 0.118 e. The number of rotatable bonds is 2. The zero-order valence-corrected chi connectivity index (χ0v) is 11.5.